The van der Waals surface area contributed by atoms with E-state index in [0.717, 1.165) is 5.56 Å². The Labute approximate surface area is 180 Å². The first-order valence-electron chi connectivity index (χ1n) is 9.68. The van der Waals surface area contributed by atoms with Crippen molar-refractivity contribution in [2.24, 2.45) is 0 Å². The molecule has 0 aliphatic rings. The number of anilines is 2. The van der Waals surface area contributed by atoms with Gasteiger partial charge < -0.3 is 5.32 Å². The van der Waals surface area contributed by atoms with Crippen molar-refractivity contribution in [3.63, 3.8) is 0 Å². The minimum atomic E-state index is -3.84. The molecule has 0 radical (unpaired) electrons. The van der Waals surface area contributed by atoms with Crippen molar-refractivity contribution in [1.82, 2.24) is 9.97 Å². The molecule has 4 rings (SSSR count). The van der Waals surface area contributed by atoms with Crippen LogP contribution < -0.4 is 10.0 Å². The molecule has 1 aromatic heterocycles. The van der Waals surface area contributed by atoms with Crippen molar-refractivity contribution < 1.29 is 13.2 Å². The SMILES string of the molecule is O=C(CCc1ccccc1)Nc1ccc(S(=O)(=O)Nc2cnc3ccccc3n2)cc1. The molecule has 156 valence electrons. The van der Waals surface area contributed by atoms with Gasteiger partial charge in [-0.3, -0.25) is 14.5 Å². The van der Waals surface area contributed by atoms with E-state index in [4.69, 9.17) is 0 Å². The molecule has 2 N–H and O–H groups in total. The van der Waals surface area contributed by atoms with Crippen molar-refractivity contribution in [1.29, 1.82) is 0 Å². The Kier molecular flexibility index (Phi) is 5.90. The second-order valence-electron chi connectivity index (χ2n) is 6.91. The van der Waals surface area contributed by atoms with Crippen LogP contribution in [0, 0.1) is 0 Å². The highest BCUT2D eigenvalue weighted by Gasteiger charge is 2.15. The van der Waals surface area contributed by atoms with Crippen LogP contribution in [0.5, 0.6) is 0 Å². The summed E-state index contributed by atoms with van der Waals surface area (Å²) in [5.41, 5.74) is 2.89. The zero-order valence-electron chi connectivity index (χ0n) is 16.5. The van der Waals surface area contributed by atoms with Crippen molar-refractivity contribution in [2.45, 2.75) is 17.7 Å². The summed E-state index contributed by atoms with van der Waals surface area (Å²) in [5.74, 6) is 0.000939. The number of amides is 1. The number of carbonyl (C=O) groups is 1. The van der Waals surface area contributed by atoms with Crippen molar-refractivity contribution in [3.05, 3.63) is 90.6 Å². The maximum Gasteiger partial charge on any atom is 0.263 e. The summed E-state index contributed by atoms with van der Waals surface area (Å²) in [7, 11) is -3.84. The minimum absolute atomic E-state index is 0.0599. The first kappa shape index (κ1) is 20.5. The van der Waals surface area contributed by atoms with E-state index in [9.17, 15) is 13.2 Å². The normalized spacial score (nSPS) is 11.2. The third-order valence-corrected chi connectivity index (χ3v) is 5.99. The predicted octanol–water partition coefficient (Wildman–Crippen LogP) is 4.00. The monoisotopic (exact) mass is 432 g/mol. The van der Waals surface area contributed by atoms with Crippen molar-refractivity contribution in [3.8, 4) is 0 Å². The summed E-state index contributed by atoms with van der Waals surface area (Å²) in [6, 6.07) is 22.9. The largest absolute Gasteiger partial charge is 0.326 e. The average molecular weight is 433 g/mol. The fourth-order valence-electron chi connectivity index (χ4n) is 3.05. The van der Waals surface area contributed by atoms with Crippen LogP contribution in [0.2, 0.25) is 0 Å². The number of carbonyl (C=O) groups excluding carboxylic acids is 1. The van der Waals surface area contributed by atoms with Gasteiger partial charge in [0.2, 0.25) is 5.91 Å². The molecule has 0 spiro atoms. The number of fused-ring (bicyclic) bond motifs is 1. The molecule has 31 heavy (non-hydrogen) atoms. The number of sulfonamides is 1. The van der Waals surface area contributed by atoms with Gasteiger partial charge in [0.1, 0.15) is 0 Å². The third-order valence-electron chi connectivity index (χ3n) is 4.62. The van der Waals surface area contributed by atoms with Gasteiger partial charge >= 0.3 is 0 Å². The zero-order valence-corrected chi connectivity index (χ0v) is 17.3. The summed E-state index contributed by atoms with van der Waals surface area (Å²) in [6.45, 7) is 0. The van der Waals surface area contributed by atoms with Crippen molar-refractivity contribution >= 4 is 38.5 Å². The molecule has 0 fully saturated rings. The molecule has 0 bridgehead atoms. The fraction of sp³-hybridized carbons (Fsp3) is 0.0870. The lowest BCUT2D eigenvalue weighted by molar-refractivity contribution is -0.116. The number of hydrogen-bond donors (Lipinski definition) is 2. The molecular weight excluding hydrogens is 412 g/mol. The number of aromatic nitrogens is 2. The van der Waals surface area contributed by atoms with Crippen LogP contribution >= 0.6 is 0 Å². The van der Waals surface area contributed by atoms with E-state index in [-0.39, 0.29) is 16.6 Å². The lowest BCUT2D eigenvalue weighted by Crippen LogP contribution is -2.15. The number of hydrogen-bond acceptors (Lipinski definition) is 5. The Bertz CT molecular complexity index is 1310. The van der Waals surface area contributed by atoms with Gasteiger partial charge in [-0.1, -0.05) is 42.5 Å². The van der Waals surface area contributed by atoms with Gasteiger partial charge in [0.15, 0.2) is 5.82 Å². The van der Waals surface area contributed by atoms with Crippen LogP contribution in [0.3, 0.4) is 0 Å². The number of benzene rings is 3. The standard InChI is InChI=1S/C23H20N4O3S/c28-23(15-10-17-6-2-1-3-7-17)25-18-11-13-19(14-12-18)31(29,30)27-22-16-24-20-8-4-5-9-21(20)26-22/h1-9,11-14,16H,10,15H2,(H,25,28)(H,26,27). The maximum absolute atomic E-state index is 12.7. The molecule has 1 heterocycles. The molecule has 7 nitrogen and oxygen atoms in total. The fourth-order valence-corrected chi connectivity index (χ4v) is 4.03. The Balaban J connectivity index is 1.39. The number of nitrogens with one attached hydrogen (secondary N) is 2. The molecule has 4 aromatic rings. The molecule has 0 atom stereocenters. The van der Waals surface area contributed by atoms with Gasteiger partial charge in [-0.05, 0) is 48.4 Å². The molecule has 0 aliphatic heterocycles. The topological polar surface area (TPSA) is 101 Å². The van der Waals surface area contributed by atoms with E-state index < -0.39 is 10.0 Å². The Hall–Kier alpha value is -3.78. The average Bonchev–Trinajstić information content (AvgIpc) is 2.78. The zero-order chi connectivity index (χ0) is 21.7. The van der Waals surface area contributed by atoms with E-state index in [2.05, 4.69) is 20.0 Å². The molecule has 1 amide bonds. The predicted molar refractivity (Wildman–Crippen MR) is 120 cm³/mol. The highest BCUT2D eigenvalue weighted by molar-refractivity contribution is 7.92. The van der Waals surface area contributed by atoms with Gasteiger partial charge in [-0.2, -0.15) is 0 Å². The minimum Gasteiger partial charge on any atom is -0.326 e. The lowest BCUT2D eigenvalue weighted by Gasteiger charge is -2.09. The van der Waals surface area contributed by atoms with E-state index in [1.54, 1.807) is 24.3 Å². The number of nitrogens with zero attached hydrogens (tertiary/aromatic N) is 2. The van der Waals surface area contributed by atoms with Gasteiger partial charge in [0.05, 0.1) is 22.1 Å². The van der Waals surface area contributed by atoms with E-state index >= 15 is 0 Å². The van der Waals surface area contributed by atoms with Crippen LogP contribution in [0.1, 0.15) is 12.0 Å². The van der Waals surface area contributed by atoms with E-state index in [1.165, 1.54) is 18.3 Å². The summed E-state index contributed by atoms with van der Waals surface area (Å²) in [4.78, 5) is 20.7. The Morgan fingerprint density at radius 3 is 2.26 bits per heavy atom. The molecule has 0 saturated carbocycles. The number of para-hydroxylation sites is 2. The highest BCUT2D eigenvalue weighted by Crippen LogP contribution is 2.19. The van der Waals surface area contributed by atoms with Gasteiger partial charge in [0, 0.05) is 12.1 Å². The van der Waals surface area contributed by atoms with Crippen LogP contribution in [-0.2, 0) is 21.2 Å². The summed E-state index contributed by atoms with van der Waals surface area (Å²) in [6.07, 6.45) is 2.35. The molecule has 8 heteroatoms. The van der Waals surface area contributed by atoms with Crippen LogP contribution in [0.4, 0.5) is 11.5 Å². The second-order valence-corrected chi connectivity index (χ2v) is 8.59. The molecular formula is C23H20N4O3S. The number of rotatable bonds is 7. The molecule has 0 aliphatic carbocycles. The van der Waals surface area contributed by atoms with Crippen molar-refractivity contribution in [2.75, 3.05) is 10.0 Å². The van der Waals surface area contributed by atoms with E-state index in [1.807, 2.05) is 42.5 Å². The summed E-state index contributed by atoms with van der Waals surface area (Å²) in [5, 5.41) is 2.78. The van der Waals surface area contributed by atoms with Crippen LogP contribution in [0.15, 0.2) is 90.0 Å². The van der Waals surface area contributed by atoms with Crippen LogP contribution in [0.25, 0.3) is 11.0 Å². The first-order chi connectivity index (χ1) is 15.0. The second kappa shape index (κ2) is 8.93. The first-order valence-corrected chi connectivity index (χ1v) is 11.2. The summed E-state index contributed by atoms with van der Waals surface area (Å²) < 4.78 is 27.8. The van der Waals surface area contributed by atoms with Gasteiger partial charge in [0.25, 0.3) is 10.0 Å². The Morgan fingerprint density at radius 2 is 1.52 bits per heavy atom. The molecule has 3 aromatic carbocycles. The van der Waals surface area contributed by atoms with E-state index in [0.29, 0.717) is 29.6 Å². The van der Waals surface area contributed by atoms with Gasteiger partial charge in [-0.15, -0.1) is 0 Å². The quantitative estimate of drug-likeness (QED) is 0.460. The Morgan fingerprint density at radius 1 is 0.839 bits per heavy atom. The molecule has 0 unspecified atom stereocenters. The lowest BCUT2D eigenvalue weighted by atomic mass is 10.1. The highest BCUT2D eigenvalue weighted by atomic mass is 32.2. The van der Waals surface area contributed by atoms with Crippen LogP contribution in [-0.4, -0.2) is 24.3 Å². The third kappa shape index (κ3) is 5.23. The van der Waals surface area contributed by atoms with Gasteiger partial charge in [-0.25, -0.2) is 13.4 Å². The summed E-state index contributed by atoms with van der Waals surface area (Å²) >= 11 is 0. The molecule has 0 saturated heterocycles. The maximum atomic E-state index is 12.7. The smallest absolute Gasteiger partial charge is 0.263 e. The number of aryl methyl sites for hydroxylation is 1.